The Morgan fingerprint density at radius 3 is 2.76 bits per heavy atom. The summed E-state index contributed by atoms with van der Waals surface area (Å²) >= 11 is 0. The van der Waals surface area contributed by atoms with Crippen molar-refractivity contribution in [2.45, 2.75) is 39.0 Å². The van der Waals surface area contributed by atoms with Crippen LogP contribution in [0.15, 0.2) is 6.07 Å². The number of aryl methyl sites for hydroxylation is 1. The molecule has 1 aliphatic rings. The summed E-state index contributed by atoms with van der Waals surface area (Å²) in [6, 6.07) is 1.86. The van der Waals surface area contributed by atoms with Gasteiger partial charge in [0.15, 0.2) is 0 Å². The number of ether oxygens (including phenoxy) is 1. The smallest absolute Gasteiger partial charge is 0.218 e. The number of rotatable bonds is 4. The second kappa shape index (κ2) is 5.84. The lowest BCUT2D eigenvalue weighted by atomic mass is 9.89. The zero-order valence-electron chi connectivity index (χ0n) is 10.7. The molecule has 0 saturated heterocycles. The first-order chi connectivity index (χ1) is 8.28. The molecule has 0 spiro atoms. The average Bonchev–Trinajstić information content (AvgIpc) is 2.37. The third kappa shape index (κ3) is 3.58. The van der Waals surface area contributed by atoms with Crippen molar-refractivity contribution in [2.75, 3.05) is 19.0 Å². The Labute approximate surface area is 103 Å². The number of nitrogens with one attached hydrogen (secondary N) is 1. The molecule has 0 aliphatic heterocycles. The van der Waals surface area contributed by atoms with E-state index >= 15 is 0 Å². The number of hydrogen-bond acceptors (Lipinski definition) is 4. The van der Waals surface area contributed by atoms with Gasteiger partial charge in [-0.15, -0.1) is 0 Å². The molecule has 1 saturated carbocycles. The molecule has 2 rings (SSSR count). The van der Waals surface area contributed by atoms with Gasteiger partial charge in [0.25, 0.3) is 0 Å². The van der Waals surface area contributed by atoms with Crippen molar-refractivity contribution in [3.63, 3.8) is 0 Å². The monoisotopic (exact) mass is 235 g/mol. The molecule has 0 atom stereocenters. The molecule has 1 heterocycles. The van der Waals surface area contributed by atoms with Gasteiger partial charge < -0.3 is 10.1 Å². The highest BCUT2D eigenvalue weighted by molar-refractivity contribution is 5.38. The second-order valence-electron chi connectivity index (χ2n) is 4.73. The minimum Gasteiger partial charge on any atom is -0.481 e. The number of anilines is 1. The second-order valence-corrected chi connectivity index (χ2v) is 4.73. The Balaban J connectivity index is 1.91. The van der Waals surface area contributed by atoms with Gasteiger partial charge in [-0.25, -0.2) is 4.98 Å². The van der Waals surface area contributed by atoms with Crippen LogP contribution in [0.1, 0.15) is 37.9 Å². The molecule has 0 unspecified atom stereocenters. The SMILES string of the molecule is COc1cc(NCC2CCCCC2)nc(C)n1. The number of methoxy groups -OCH3 is 1. The summed E-state index contributed by atoms with van der Waals surface area (Å²) in [5.74, 6) is 3.05. The molecular weight excluding hydrogens is 214 g/mol. The average molecular weight is 235 g/mol. The Morgan fingerprint density at radius 2 is 2.06 bits per heavy atom. The minimum atomic E-state index is 0.628. The molecular formula is C13H21N3O. The topological polar surface area (TPSA) is 47.0 Å². The fourth-order valence-electron chi connectivity index (χ4n) is 2.38. The molecule has 1 aromatic rings. The van der Waals surface area contributed by atoms with Gasteiger partial charge in [0.1, 0.15) is 11.6 Å². The lowest BCUT2D eigenvalue weighted by Crippen LogP contribution is -2.17. The van der Waals surface area contributed by atoms with E-state index in [9.17, 15) is 0 Å². The third-order valence-corrected chi connectivity index (χ3v) is 3.32. The molecule has 4 heteroatoms. The van der Waals surface area contributed by atoms with Gasteiger partial charge in [-0.05, 0) is 25.7 Å². The van der Waals surface area contributed by atoms with Gasteiger partial charge >= 0.3 is 0 Å². The zero-order chi connectivity index (χ0) is 12.1. The summed E-state index contributed by atoms with van der Waals surface area (Å²) in [5.41, 5.74) is 0. The van der Waals surface area contributed by atoms with E-state index in [1.807, 2.05) is 13.0 Å². The highest BCUT2D eigenvalue weighted by atomic mass is 16.5. The zero-order valence-corrected chi connectivity index (χ0v) is 10.7. The standard InChI is InChI=1S/C13H21N3O/c1-10-15-12(8-13(16-10)17-2)14-9-11-6-4-3-5-7-11/h8,11H,3-7,9H2,1-2H3,(H,14,15,16). The lowest BCUT2D eigenvalue weighted by Gasteiger charge is -2.22. The highest BCUT2D eigenvalue weighted by Crippen LogP contribution is 2.24. The van der Waals surface area contributed by atoms with Crippen LogP contribution in [0.4, 0.5) is 5.82 Å². The summed E-state index contributed by atoms with van der Waals surface area (Å²) in [4.78, 5) is 8.54. The maximum atomic E-state index is 5.14. The van der Waals surface area contributed by atoms with E-state index < -0.39 is 0 Å². The molecule has 1 aliphatic carbocycles. The number of hydrogen-bond donors (Lipinski definition) is 1. The van der Waals surface area contributed by atoms with E-state index in [1.165, 1.54) is 32.1 Å². The first kappa shape index (κ1) is 12.1. The first-order valence-electron chi connectivity index (χ1n) is 6.41. The van der Waals surface area contributed by atoms with Crippen molar-refractivity contribution in [3.05, 3.63) is 11.9 Å². The predicted molar refractivity (Wildman–Crippen MR) is 68.4 cm³/mol. The van der Waals surface area contributed by atoms with E-state index in [2.05, 4.69) is 15.3 Å². The van der Waals surface area contributed by atoms with Crippen molar-refractivity contribution in [2.24, 2.45) is 5.92 Å². The van der Waals surface area contributed by atoms with Gasteiger partial charge in [-0.2, -0.15) is 4.98 Å². The summed E-state index contributed by atoms with van der Waals surface area (Å²) in [7, 11) is 1.63. The molecule has 17 heavy (non-hydrogen) atoms. The molecule has 0 aromatic carbocycles. The Morgan fingerprint density at radius 1 is 1.29 bits per heavy atom. The van der Waals surface area contributed by atoms with E-state index in [0.717, 1.165) is 24.1 Å². The van der Waals surface area contributed by atoms with Crippen LogP contribution >= 0.6 is 0 Å². The van der Waals surface area contributed by atoms with Crippen molar-refractivity contribution >= 4 is 5.82 Å². The third-order valence-electron chi connectivity index (χ3n) is 3.32. The molecule has 94 valence electrons. The molecule has 4 nitrogen and oxygen atoms in total. The van der Waals surface area contributed by atoms with E-state index in [0.29, 0.717) is 5.88 Å². The van der Waals surface area contributed by atoms with Crippen LogP contribution in [0.2, 0.25) is 0 Å². The van der Waals surface area contributed by atoms with Gasteiger partial charge in [-0.1, -0.05) is 19.3 Å². The fourth-order valence-corrected chi connectivity index (χ4v) is 2.38. The lowest BCUT2D eigenvalue weighted by molar-refractivity contribution is 0.372. The van der Waals surface area contributed by atoms with Crippen LogP contribution in [-0.4, -0.2) is 23.6 Å². The quantitative estimate of drug-likeness (QED) is 0.871. The fraction of sp³-hybridized carbons (Fsp3) is 0.692. The van der Waals surface area contributed by atoms with Crippen LogP contribution in [0.5, 0.6) is 5.88 Å². The highest BCUT2D eigenvalue weighted by Gasteiger charge is 2.13. The number of aromatic nitrogens is 2. The molecule has 0 amide bonds. The molecule has 0 radical (unpaired) electrons. The summed E-state index contributed by atoms with van der Waals surface area (Å²) in [5, 5.41) is 3.40. The maximum absolute atomic E-state index is 5.14. The van der Waals surface area contributed by atoms with Crippen LogP contribution in [0, 0.1) is 12.8 Å². The van der Waals surface area contributed by atoms with Crippen molar-refractivity contribution in [3.8, 4) is 5.88 Å². The molecule has 1 aromatic heterocycles. The maximum Gasteiger partial charge on any atom is 0.218 e. The van der Waals surface area contributed by atoms with E-state index in [-0.39, 0.29) is 0 Å². The Hall–Kier alpha value is -1.32. The van der Waals surface area contributed by atoms with Crippen molar-refractivity contribution in [1.29, 1.82) is 0 Å². The van der Waals surface area contributed by atoms with E-state index in [4.69, 9.17) is 4.74 Å². The van der Waals surface area contributed by atoms with Crippen molar-refractivity contribution in [1.82, 2.24) is 9.97 Å². The van der Waals surface area contributed by atoms with E-state index in [1.54, 1.807) is 7.11 Å². The van der Waals surface area contributed by atoms with Gasteiger partial charge in [0.2, 0.25) is 5.88 Å². The van der Waals surface area contributed by atoms with Crippen molar-refractivity contribution < 1.29 is 4.74 Å². The van der Waals surface area contributed by atoms with Gasteiger partial charge in [0, 0.05) is 12.6 Å². The summed E-state index contributed by atoms with van der Waals surface area (Å²) in [6.45, 7) is 2.90. The predicted octanol–water partition coefficient (Wildman–Crippen LogP) is 2.79. The minimum absolute atomic E-state index is 0.628. The summed E-state index contributed by atoms with van der Waals surface area (Å²) in [6.07, 6.45) is 6.83. The normalized spacial score (nSPS) is 16.8. The van der Waals surface area contributed by atoms with Gasteiger partial charge in [0.05, 0.1) is 7.11 Å². The van der Waals surface area contributed by atoms with Gasteiger partial charge in [-0.3, -0.25) is 0 Å². The van der Waals surface area contributed by atoms with Crippen LogP contribution in [-0.2, 0) is 0 Å². The Bertz CT molecular complexity index is 362. The molecule has 1 N–H and O–H groups in total. The summed E-state index contributed by atoms with van der Waals surface area (Å²) < 4.78 is 5.14. The first-order valence-corrected chi connectivity index (χ1v) is 6.41. The van der Waals surface area contributed by atoms with Crippen LogP contribution in [0.25, 0.3) is 0 Å². The molecule has 1 fully saturated rings. The van der Waals surface area contributed by atoms with Crippen LogP contribution in [0.3, 0.4) is 0 Å². The van der Waals surface area contributed by atoms with Crippen LogP contribution < -0.4 is 10.1 Å². The number of nitrogens with zero attached hydrogens (tertiary/aromatic N) is 2. The largest absolute Gasteiger partial charge is 0.481 e. The molecule has 0 bridgehead atoms. The Kier molecular flexibility index (Phi) is 4.18.